The average molecular weight is 536 g/mol. The van der Waals surface area contributed by atoms with Crippen LogP contribution in [0.2, 0.25) is 0 Å². The number of halogens is 3. The zero-order chi connectivity index (χ0) is 26.8. The number of carbonyl (C=O) groups is 1. The van der Waals surface area contributed by atoms with Gasteiger partial charge in [0.15, 0.2) is 4.80 Å². The van der Waals surface area contributed by atoms with Crippen LogP contribution < -0.4 is 24.9 Å². The van der Waals surface area contributed by atoms with Crippen LogP contribution in [0.1, 0.15) is 24.1 Å². The van der Waals surface area contributed by atoms with Crippen LogP contribution in [0.15, 0.2) is 99.9 Å². The highest BCUT2D eigenvalue weighted by Gasteiger charge is 2.32. The number of rotatable bonds is 6. The Kier molecular flexibility index (Phi) is 6.97. The first-order valence-electron chi connectivity index (χ1n) is 11.5. The maximum atomic E-state index is 13.8. The van der Waals surface area contributed by atoms with E-state index in [9.17, 15) is 22.8 Å². The first-order chi connectivity index (χ1) is 18.3. The Hall–Kier alpha value is -4.44. The number of para-hydroxylation sites is 2. The van der Waals surface area contributed by atoms with Gasteiger partial charge in [0.1, 0.15) is 11.6 Å². The molecule has 3 aromatic carbocycles. The molecule has 0 spiro atoms. The van der Waals surface area contributed by atoms with Crippen molar-refractivity contribution in [2.24, 2.45) is 4.99 Å². The number of anilines is 1. The molecular formula is C28H20F3N3O3S. The second-order valence-corrected chi connectivity index (χ2v) is 9.38. The molecule has 1 amide bonds. The molecule has 0 saturated carbocycles. The van der Waals surface area contributed by atoms with Gasteiger partial charge in [0.25, 0.3) is 11.5 Å². The van der Waals surface area contributed by atoms with Gasteiger partial charge in [-0.2, -0.15) is 8.78 Å². The Bertz CT molecular complexity index is 1710. The lowest BCUT2D eigenvalue weighted by atomic mass is 9.95. The molecule has 1 atom stereocenters. The van der Waals surface area contributed by atoms with E-state index in [0.717, 1.165) is 11.3 Å². The number of benzene rings is 3. The van der Waals surface area contributed by atoms with Crippen molar-refractivity contribution in [3.05, 3.63) is 127 Å². The van der Waals surface area contributed by atoms with E-state index in [4.69, 9.17) is 0 Å². The second kappa shape index (κ2) is 10.5. The largest absolute Gasteiger partial charge is 0.434 e. The van der Waals surface area contributed by atoms with Gasteiger partial charge < -0.3 is 10.1 Å². The normalized spacial score (nSPS) is 15.3. The van der Waals surface area contributed by atoms with E-state index in [1.807, 2.05) is 6.07 Å². The predicted octanol–water partition coefficient (Wildman–Crippen LogP) is 4.61. The summed E-state index contributed by atoms with van der Waals surface area (Å²) >= 11 is 1.05. The van der Waals surface area contributed by atoms with Crippen LogP contribution in [0.3, 0.4) is 0 Å². The molecule has 5 rings (SSSR count). The summed E-state index contributed by atoms with van der Waals surface area (Å²) < 4.78 is 45.8. The third kappa shape index (κ3) is 5.03. The minimum absolute atomic E-state index is 0.0810. The maximum Gasteiger partial charge on any atom is 0.387 e. The van der Waals surface area contributed by atoms with Crippen LogP contribution in [0, 0.1) is 5.82 Å². The van der Waals surface area contributed by atoms with Gasteiger partial charge in [-0.25, -0.2) is 9.38 Å². The molecule has 0 radical (unpaired) electrons. The monoisotopic (exact) mass is 535 g/mol. The highest BCUT2D eigenvalue weighted by Crippen LogP contribution is 2.31. The quantitative estimate of drug-likeness (QED) is 0.392. The van der Waals surface area contributed by atoms with Crippen LogP contribution in [0.25, 0.3) is 6.08 Å². The van der Waals surface area contributed by atoms with Crippen LogP contribution >= 0.6 is 11.3 Å². The molecule has 192 valence electrons. The van der Waals surface area contributed by atoms with E-state index in [-0.39, 0.29) is 21.4 Å². The lowest BCUT2D eigenvalue weighted by Crippen LogP contribution is -2.40. The summed E-state index contributed by atoms with van der Waals surface area (Å²) in [6.45, 7) is -1.36. The van der Waals surface area contributed by atoms with Gasteiger partial charge in [0.05, 0.1) is 21.8 Å². The summed E-state index contributed by atoms with van der Waals surface area (Å²) in [6.07, 6.45) is 1.45. The van der Waals surface area contributed by atoms with E-state index < -0.39 is 29.9 Å². The molecule has 0 saturated heterocycles. The molecule has 10 heteroatoms. The standard InChI is InChI=1S/C28H20F3N3O3S/c1-16-23(25(35)33-20-8-3-2-4-9-20)24(17-11-13-19(29)14-12-17)34-26(36)22(38-28(34)32-16)15-18-7-5-6-10-21(18)37-27(30)31/h2-15,24,27H,1H3,(H,33,35)/b22-15+/t24-/m0/s1. The number of ether oxygens (including phenoxy) is 1. The van der Waals surface area contributed by atoms with Gasteiger partial charge in [0, 0.05) is 11.3 Å². The summed E-state index contributed by atoms with van der Waals surface area (Å²) in [5.74, 6) is -1.01. The number of nitrogens with one attached hydrogen (secondary N) is 1. The van der Waals surface area contributed by atoms with Crippen molar-refractivity contribution in [2.75, 3.05) is 5.32 Å². The molecule has 0 fully saturated rings. The number of fused-ring (bicyclic) bond motifs is 1. The molecule has 1 N–H and O–H groups in total. The second-order valence-electron chi connectivity index (χ2n) is 8.37. The molecule has 2 heterocycles. The molecular weight excluding hydrogens is 515 g/mol. The third-order valence-corrected chi connectivity index (χ3v) is 6.89. The van der Waals surface area contributed by atoms with Crippen LogP contribution in [0.5, 0.6) is 5.75 Å². The fourth-order valence-electron chi connectivity index (χ4n) is 4.24. The Morgan fingerprint density at radius 3 is 2.45 bits per heavy atom. The molecule has 1 aliphatic rings. The Balaban J connectivity index is 1.67. The van der Waals surface area contributed by atoms with Gasteiger partial charge >= 0.3 is 6.61 Å². The number of aromatic nitrogens is 1. The van der Waals surface area contributed by atoms with Crippen molar-refractivity contribution < 1.29 is 22.7 Å². The van der Waals surface area contributed by atoms with Gasteiger partial charge in [-0.15, -0.1) is 0 Å². The topological polar surface area (TPSA) is 72.7 Å². The summed E-state index contributed by atoms with van der Waals surface area (Å²) in [7, 11) is 0. The highest BCUT2D eigenvalue weighted by molar-refractivity contribution is 7.07. The zero-order valence-corrected chi connectivity index (χ0v) is 20.7. The number of allylic oxidation sites excluding steroid dienone is 1. The molecule has 1 aromatic heterocycles. The minimum atomic E-state index is -3.03. The lowest BCUT2D eigenvalue weighted by molar-refractivity contribution is -0.113. The Morgan fingerprint density at radius 1 is 1.05 bits per heavy atom. The summed E-state index contributed by atoms with van der Waals surface area (Å²) in [6, 6.07) is 19.6. The highest BCUT2D eigenvalue weighted by atomic mass is 32.1. The van der Waals surface area contributed by atoms with E-state index in [2.05, 4.69) is 15.0 Å². The smallest absolute Gasteiger partial charge is 0.387 e. The summed E-state index contributed by atoms with van der Waals surface area (Å²) in [5.41, 5.74) is 1.49. The Morgan fingerprint density at radius 2 is 1.74 bits per heavy atom. The van der Waals surface area contributed by atoms with Crippen molar-refractivity contribution in [1.29, 1.82) is 0 Å². The van der Waals surface area contributed by atoms with E-state index in [0.29, 0.717) is 21.7 Å². The first-order valence-corrected chi connectivity index (χ1v) is 12.3. The van der Waals surface area contributed by atoms with Gasteiger partial charge in [-0.3, -0.25) is 14.2 Å². The van der Waals surface area contributed by atoms with Crippen molar-refractivity contribution in [1.82, 2.24) is 4.57 Å². The van der Waals surface area contributed by atoms with Gasteiger partial charge in [-0.05, 0) is 48.9 Å². The number of carbonyl (C=O) groups excluding carboxylic acids is 1. The number of hydrogen-bond acceptors (Lipinski definition) is 5. The van der Waals surface area contributed by atoms with Crippen molar-refractivity contribution >= 4 is 29.0 Å². The van der Waals surface area contributed by atoms with Crippen molar-refractivity contribution in [2.45, 2.75) is 19.6 Å². The van der Waals surface area contributed by atoms with E-state index in [1.165, 1.54) is 41.0 Å². The summed E-state index contributed by atoms with van der Waals surface area (Å²) in [4.78, 5) is 32.0. The Labute approximate surface area is 218 Å². The number of alkyl halides is 2. The number of hydrogen-bond donors (Lipinski definition) is 1. The first kappa shape index (κ1) is 25.2. The van der Waals surface area contributed by atoms with Crippen LogP contribution in [-0.4, -0.2) is 17.1 Å². The maximum absolute atomic E-state index is 13.8. The van der Waals surface area contributed by atoms with E-state index in [1.54, 1.807) is 49.4 Å². The number of nitrogens with zero attached hydrogens (tertiary/aromatic N) is 2. The average Bonchev–Trinajstić information content (AvgIpc) is 3.19. The van der Waals surface area contributed by atoms with Crippen LogP contribution in [0.4, 0.5) is 18.9 Å². The van der Waals surface area contributed by atoms with E-state index >= 15 is 0 Å². The van der Waals surface area contributed by atoms with Crippen LogP contribution in [-0.2, 0) is 4.79 Å². The lowest BCUT2D eigenvalue weighted by Gasteiger charge is -2.25. The predicted molar refractivity (Wildman–Crippen MR) is 138 cm³/mol. The molecule has 4 aromatic rings. The fraction of sp³-hybridized carbons (Fsp3) is 0.107. The zero-order valence-electron chi connectivity index (χ0n) is 19.9. The fourth-order valence-corrected chi connectivity index (χ4v) is 5.27. The van der Waals surface area contributed by atoms with Crippen molar-refractivity contribution in [3.63, 3.8) is 0 Å². The molecule has 38 heavy (non-hydrogen) atoms. The third-order valence-electron chi connectivity index (χ3n) is 5.91. The minimum Gasteiger partial charge on any atom is -0.434 e. The van der Waals surface area contributed by atoms with Gasteiger partial charge in [0.2, 0.25) is 0 Å². The number of thiazole rings is 1. The summed E-state index contributed by atoms with van der Waals surface area (Å²) in [5, 5.41) is 2.84. The molecule has 0 unspecified atom stereocenters. The molecule has 6 nitrogen and oxygen atoms in total. The van der Waals surface area contributed by atoms with Gasteiger partial charge in [-0.1, -0.05) is 59.9 Å². The molecule has 1 aliphatic heterocycles. The molecule has 0 bridgehead atoms. The molecule has 0 aliphatic carbocycles. The number of amides is 1. The van der Waals surface area contributed by atoms with Crippen molar-refractivity contribution in [3.8, 4) is 5.75 Å². The SMILES string of the molecule is CC1=C(C(=O)Nc2ccccc2)[C@H](c2ccc(F)cc2)n2c(s/c(=C/c3ccccc3OC(F)F)c2=O)=N1.